The van der Waals surface area contributed by atoms with Gasteiger partial charge in [-0.05, 0) is 13.8 Å². The molecule has 0 spiro atoms. The van der Waals surface area contributed by atoms with E-state index in [4.69, 9.17) is 0 Å². The van der Waals surface area contributed by atoms with Gasteiger partial charge in [0.1, 0.15) is 0 Å². The third-order valence-electron chi connectivity index (χ3n) is 1.95. The third-order valence-corrected chi connectivity index (χ3v) is 1.95. The fraction of sp³-hybridized carbons (Fsp3) is 0.889. The molecule has 0 unspecified atom stereocenters. The Morgan fingerprint density at radius 2 is 1.88 bits per heavy atom. The number of halogens is 3. The molecule has 0 saturated carbocycles. The molecule has 0 aromatic rings. The molecule has 0 atom stereocenters. The second-order valence-corrected chi connectivity index (χ2v) is 3.93. The molecule has 0 aliphatic rings. The molecule has 0 saturated heterocycles. The average Bonchev–Trinajstić information content (AvgIpc) is 2.14. The highest BCUT2D eigenvalue weighted by Gasteiger charge is 2.29. The lowest BCUT2D eigenvalue weighted by atomic mass is 9.92. The van der Waals surface area contributed by atoms with E-state index in [1.54, 1.807) is 13.8 Å². The number of carbonyl (C=O) groups is 1. The Morgan fingerprint density at radius 3 is 2.31 bits per heavy atom. The summed E-state index contributed by atoms with van der Waals surface area (Å²) in [5.41, 5.74) is -0.660. The number of carbonyl (C=O) groups excluding carboxylic acids is 1. The Kier molecular flexibility index (Phi) is 5.74. The molecule has 4 nitrogen and oxygen atoms in total. The Hall–Kier alpha value is -0.820. The van der Waals surface area contributed by atoms with E-state index in [0.717, 1.165) is 0 Å². The zero-order valence-electron chi connectivity index (χ0n) is 9.57. The van der Waals surface area contributed by atoms with Gasteiger partial charge < -0.3 is 10.6 Å². The zero-order valence-corrected chi connectivity index (χ0v) is 9.57. The summed E-state index contributed by atoms with van der Waals surface area (Å²) < 4.78 is 38.3. The maximum absolute atomic E-state index is 11.6. The molecule has 0 bridgehead atoms. The van der Waals surface area contributed by atoms with Crippen LogP contribution in [0.15, 0.2) is 0 Å². The van der Waals surface area contributed by atoms with Gasteiger partial charge in [0.2, 0.25) is 5.91 Å². The number of amides is 1. The van der Waals surface area contributed by atoms with Crippen LogP contribution in [0.1, 0.15) is 13.8 Å². The first-order valence-electron chi connectivity index (χ1n) is 4.82. The Balaban J connectivity index is 3.70. The summed E-state index contributed by atoms with van der Waals surface area (Å²) in [5, 5.41) is 5.21. The van der Waals surface area contributed by atoms with Crippen molar-refractivity contribution in [1.29, 1.82) is 0 Å². The molecular weight excluding hydrogens is 225 g/mol. The summed E-state index contributed by atoms with van der Waals surface area (Å²) in [6, 6.07) is 0. The van der Waals surface area contributed by atoms with Crippen LogP contribution >= 0.6 is 0 Å². The van der Waals surface area contributed by atoms with Crippen molar-refractivity contribution in [2.24, 2.45) is 5.41 Å². The van der Waals surface area contributed by atoms with Gasteiger partial charge in [-0.15, -0.1) is 13.2 Å². The highest BCUT2D eigenvalue weighted by Crippen LogP contribution is 2.15. The molecule has 2 N–H and O–H groups in total. The van der Waals surface area contributed by atoms with Gasteiger partial charge in [-0.1, -0.05) is 0 Å². The second-order valence-electron chi connectivity index (χ2n) is 3.93. The molecule has 0 aliphatic carbocycles. The van der Waals surface area contributed by atoms with Crippen molar-refractivity contribution >= 4 is 5.91 Å². The van der Waals surface area contributed by atoms with E-state index in [1.165, 1.54) is 7.05 Å². The fourth-order valence-electron chi connectivity index (χ4n) is 1.06. The highest BCUT2D eigenvalue weighted by molar-refractivity contribution is 5.81. The van der Waals surface area contributed by atoms with Gasteiger partial charge in [0.15, 0.2) is 0 Å². The standard InChI is InChI=1S/C9H17F3N2O2/c1-8(2,7(15)13-3)6-14-4-5-16-9(10,11)12/h14H,4-6H2,1-3H3,(H,13,15). The molecule has 96 valence electrons. The van der Waals surface area contributed by atoms with E-state index in [1.807, 2.05) is 0 Å². The van der Waals surface area contributed by atoms with Crippen LogP contribution in [0.4, 0.5) is 13.2 Å². The summed E-state index contributed by atoms with van der Waals surface area (Å²) >= 11 is 0. The quantitative estimate of drug-likeness (QED) is 0.680. The number of rotatable bonds is 6. The SMILES string of the molecule is CNC(=O)C(C)(C)CNCCOC(F)(F)F. The van der Waals surface area contributed by atoms with Crippen LogP contribution in [-0.2, 0) is 9.53 Å². The Labute approximate surface area is 92.5 Å². The Bertz CT molecular complexity index is 229. The molecular formula is C9H17F3N2O2. The molecule has 16 heavy (non-hydrogen) atoms. The van der Waals surface area contributed by atoms with E-state index >= 15 is 0 Å². The highest BCUT2D eigenvalue weighted by atomic mass is 19.4. The lowest BCUT2D eigenvalue weighted by Gasteiger charge is -2.22. The predicted molar refractivity (Wildman–Crippen MR) is 52.7 cm³/mol. The smallest absolute Gasteiger partial charge is 0.359 e. The molecule has 0 aliphatic heterocycles. The van der Waals surface area contributed by atoms with Crippen molar-refractivity contribution in [3.63, 3.8) is 0 Å². The molecule has 0 fully saturated rings. The van der Waals surface area contributed by atoms with Gasteiger partial charge in [0, 0.05) is 20.1 Å². The minimum atomic E-state index is -4.60. The number of hydrogen-bond donors (Lipinski definition) is 2. The predicted octanol–water partition coefficient (Wildman–Crippen LogP) is 0.885. The minimum absolute atomic E-state index is 0.0416. The average molecular weight is 242 g/mol. The van der Waals surface area contributed by atoms with Gasteiger partial charge in [0.25, 0.3) is 0 Å². The van der Waals surface area contributed by atoms with E-state index in [2.05, 4.69) is 15.4 Å². The summed E-state index contributed by atoms with van der Waals surface area (Å²) in [6.45, 7) is 3.26. The van der Waals surface area contributed by atoms with Gasteiger partial charge in [-0.25, -0.2) is 0 Å². The number of nitrogens with one attached hydrogen (secondary N) is 2. The summed E-state index contributed by atoms with van der Waals surface area (Å²) in [7, 11) is 1.51. The first-order valence-corrected chi connectivity index (χ1v) is 4.82. The van der Waals surface area contributed by atoms with E-state index in [0.29, 0.717) is 0 Å². The van der Waals surface area contributed by atoms with E-state index in [-0.39, 0.29) is 19.0 Å². The second kappa shape index (κ2) is 6.05. The van der Waals surface area contributed by atoms with E-state index < -0.39 is 18.4 Å². The first kappa shape index (κ1) is 15.2. The van der Waals surface area contributed by atoms with Crippen molar-refractivity contribution in [3.05, 3.63) is 0 Å². The number of alkyl halides is 3. The normalized spacial score (nSPS) is 12.6. The van der Waals surface area contributed by atoms with Gasteiger partial charge >= 0.3 is 6.36 Å². The summed E-state index contributed by atoms with van der Waals surface area (Å²) in [4.78, 5) is 11.3. The molecule has 0 radical (unpaired) electrons. The molecule has 1 amide bonds. The van der Waals surface area contributed by atoms with Crippen molar-refractivity contribution in [2.45, 2.75) is 20.2 Å². The van der Waals surface area contributed by atoms with Crippen LogP contribution in [0.2, 0.25) is 0 Å². The molecule has 7 heteroatoms. The lowest BCUT2D eigenvalue weighted by molar-refractivity contribution is -0.323. The first-order chi connectivity index (χ1) is 7.19. The zero-order chi connectivity index (χ0) is 12.8. The fourth-order valence-corrected chi connectivity index (χ4v) is 1.06. The van der Waals surface area contributed by atoms with Crippen molar-refractivity contribution in [1.82, 2.24) is 10.6 Å². The van der Waals surface area contributed by atoms with Crippen molar-refractivity contribution in [3.8, 4) is 0 Å². The Morgan fingerprint density at radius 1 is 1.31 bits per heavy atom. The summed E-state index contributed by atoms with van der Waals surface area (Å²) in [5.74, 6) is -0.170. The minimum Gasteiger partial charge on any atom is -0.359 e. The number of ether oxygens (including phenoxy) is 1. The van der Waals surface area contributed by atoms with Crippen LogP contribution in [0, 0.1) is 5.41 Å². The molecule has 0 aromatic carbocycles. The summed E-state index contributed by atoms with van der Waals surface area (Å²) in [6.07, 6.45) is -4.60. The van der Waals surface area contributed by atoms with Gasteiger partial charge in [-0.2, -0.15) is 0 Å². The van der Waals surface area contributed by atoms with E-state index in [9.17, 15) is 18.0 Å². The van der Waals surface area contributed by atoms with Gasteiger partial charge in [0.05, 0.1) is 12.0 Å². The van der Waals surface area contributed by atoms with Crippen LogP contribution in [0.3, 0.4) is 0 Å². The van der Waals surface area contributed by atoms with Crippen LogP contribution in [0.5, 0.6) is 0 Å². The maximum Gasteiger partial charge on any atom is 0.522 e. The molecule has 0 heterocycles. The largest absolute Gasteiger partial charge is 0.522 e. The topological polar surface area (TPSA) is 50.4 Å². The van der Waals surface area contributed by atoms with Crippen LogP contribution in [-0.4, -0.2) is 39.0 Å². The third kappa shape index (κ3) is 6.62. The molecule has 0 rings (SSSR count). The maximum atomic E-state index is 11.6. The van der Waals surface area contributed by atoms with Crippen molar-refractivity contribution < 1.29 is 22.7 Å². The van der Waals surface area contributed by atoms with Crippen LogP contribution < -0.4 is 10.6 Å². The van der Waals surface area contributed by atoms with Crippen molar-refractivity contribution in [2.75, 3.05) is 26.7 Å². The number of hydrogen-bond acceptors (Lipinski definition) is 3. The lowest BCUT2D eigenvalue weighted by Crippen LogP contribution is -2.42. The monoisotopic (exact) mass is 242 g/mol. The van der Waals surface area contributed by atoms with Crippen LogP contribution in [0.25, 0.3) is 0 Å². The molecule has 0 aromatic heterocycles. The van der Waals surface area contributed by atoms with Gasteiger partial charge in [-0.3, -0.25) is 9.53 Å².